The van der Waals surface area contributed by atoms with E-state index in [2.05, 4.69) is 75.9 Å². The third-order valence-electron chi connectivity index (χ3n) is 10.9. The SMILES string of the molecule is COC(=O)C(c1ccccc1)N1CCC(CCN2[C@@H]3CC[C@H]2C[C@@H](n2c(C)nc4ccccc42)C3)(c2ccccc2)CC1. The number of likely N-dealkylation sites (tertiary alicyclic amines) is 1. The van der Waals surface area contributed by atoms with Crippen molar-refractivity contribution in [3.8, 4) is 0 Å². The van der Waals surface area contributed by atoms with Gasteiger partial charge in [-0.05, 0) is 87.1 Å². The summed E-state index contributed by atoms with van der Waals surface area (Å²) in [5.74, 6) is 0.980. The molecule has 2 bridgehead atoms. The van der Waals surface area contributed by atoms with E-state index >= 15 is 0 Å². The third kappa shape index (κ3) is 5.29. The number of nitrogens with zero attached hydrogens (tertiary/aromatic N) is 4. The van der Waals surface area contributed by atoms with Gasteiger partial charge >= 0.3 is 5.97 Å². The minimum Gasteiger partial charge on any atom is -0.468 e. The number of methoxy groups -OCH3 is 1. The van der Waals surface area contributed by atoms with Gasteiger partial charge in [0, 0.05) is 31.2 Å². The number of imidazole rings is 1. The summed E-state index contributed by atoms with van der Waals surface area (Å²) in [6, 6.07) is 31.4. The average Bonchev–Trinajstić information content (AvgIpc) is 3.51. The van der Waals surface area contributed by atoms with Gasteiger partial charge in [0.15, 0.2) is 0 Å². The van der Waals surface area contributed by atoms with Gasteiger partial charge in [0.25, 0.3) is 0 Å². The zero-order valence-electron chi connectivity index (χ0n) is 25.6. The van der Waals surface area contributed by atoms with E-state index in [-0.39, 0.29) is 17.4 Å². The summed E-state index contributed by atoms with van der Waals surface area (Å²) in [4.78, 5) is 23.1. The first-order valence-electron chi connectivity index (χ1n) is 16.2. The van der Waals surface area contributed by atoms with Crippen molar-refractivity contribution >= 4 is 17.0 Å². The van der Waals surface area contributed by atoms with Gasteiger partial charge < -0.3 is 9.30 Å². The van der Waals surface area contributed by atoms with Crippen LogP contribution in [0.25, 0.3) is 11.0 Å². The van der Waals surface area contributed by atoms with Gasteiger partial charge in [0.1, 0.15) is 11.9 Å². The molecule has 0 aliphatic carbocycles. The molecular weight excluding hydrogens is 532 g/mol. The van der Waals surface area contributed by atoms with Crippen LogP contribution in [0.1, 0.15) is 74.0 Å². The van der Waals surface area contributed by atoms with Gasteiger partial charge in [-0.15, -0.1) is 0 Å². The zero-order chi connectivity index (χ0) is 29.4. The predicted octanol–water partition coefficient (Wildman–Crippen LogP) is 6.85. The highest BCUT2D eigenvalue weighted by molar-refractivity contribution is 5.77. The van der Waals surface area contributed by atoms with E-state index in [1.165, 1.54) is 43.9 Å². The molecule has 4 aromatic rings. The van der Waals surface area contributed by atoms with E-state index in [0.29, 0.717) is 18.1 Å². The van der Waals surface area contributed by atoms with Gasteiger partial charge in [0.05, 0.1) is 18.1 Å². The summed E-state index contributed by atoms with van der Waals surface area (Å²) >= 11 is 0. The number of rotatable bonds is 8. The number of ether oxygens (including phenoxy) is 1. The summed E-state index contributed by atoms with van der Waals surface area (Å²) in [5, 5.41) is 0. The van der Waals surface area contributed by atoms with Crippen molar-refractivity contribution in [2.45, 2.75) is 81.5 Å². The summed E-state index contributed by atoms with van der Waals surface area (Å²) < 4.78 is 7.82. The number of para-hydroxylation sites is 2. The van der Waals surface area contributed by atoms with Gasteiger partial charge in [-0.3, -0.25) is 9.80 Å². The second kappa shape index (κ2) is 11.9. The molecule has 1 aromatic heterocycles. The molecule has 0 N–H and O–H groups in total. The highest BCUT2D eigenvalue weighted by Gasteiger charge is 2.45. The van der Waals surface area contributed by atoms with E-state index in [0.717, 1.165) is 55.8 Å². The Morgan fingerprint density at radius 3 is 2.19 bits per heavy atom. The molecule has 4 atom stereocenters. The first kappa shape index (κ1) is 28.3. The van der Waals surface area contributed by atoms with Crippen LogP contribution in [0, 0.1) is 6.92 Å². The number of carbonyl (C=O) groups excluding carboxylic acids is 1. The van der Waals surface area contributed by atoms with Crippen LogP contribution < -0.4 is 0 Å². The topological polar surface area (TPSA) is 50.6 Å². The Balaban J connectivity index is 1.08. The average molecular weight is 577 g/mol. The van der Waals surface area contributed by atoms with Crippen molar-refractivity contribution in [1.29, 1.82) is 0 Å². The quantitative estimate of drug-likeness (QED) is 0.215. The van der Waals surface area contributed by atoms with Gasteiger partial charge in [-0.25, -0.2) is 9.78 Å². The molecule has 0 spiro atoms. The molecule has 6 nitrogen and oxygen atoms in total. The molecule has 3 aromatic carbocycles. The molecule has 3 saturated heterocycles. The Hall–Kier alpha value is -3.48. The number of piperidine rings is 2. The second-order valence-corrected chi connectivity index (χ2v) is 13.0. The monoisotopic (exact) mass is 576 g/mol. The van der Waals surface area contributed by atoms with Crippen LogP contribution >= 0.6 is 0 Å². The molecule has 43 heavy (non-hydrogen) atoms. The van der Waals surface area contributed by atoms with Crippen molar-refractivity contribution in [3.63, 3.8) is 0 Å². The lowest BCUT2D eigenvalue weighted by Gasteiger charge is -2.46. The minimum atomic E-state index is -0.349. The minimum absolute atomic E-state index is 0.114. The van der Waals surface area contributed by atoms with Crippen molar-refractivity contribution in [2.75, 3.05) is 26.7 Å². The molecule has 4 heterocycles. The van der Waals surface area contributed by atoms with Crippen LogP contribution in [0.3, 0.4) is 0 Å². The molecule has 0 amide bonds. The van der Waals surface area contributed by atoms with Crippen molar-refractivity contribution in [3.05, 3.63) is 102 Å². The molecule has 3 fully saturated rings. The van der Waals surface area contributed by atoms with Gasteiger partial charge in [0.2, 0.25) is 0 Å². The van der Waals surface area contributed by atoms with E-state index < -0.39 is 0 Å². The maximum Gasteiger partial charge on any atom is 0.327 e. The number of aromatic nitrogens is 2. The molecule has 0 radical (unpaired) electrons. The fraction of sp³-hybridized carbons (Fsp3) is 0.459. The number of hydrogen-bond donors (Lipinski definition) is 0. The molecule has 3 aliphatic heterocycles. The summed E-state index contributed by atoms with van der Waals surface area (Å²) in [6.07, 6.45) is 8.27. The Morgan fingerprint density at radius 1 is 0.884 bits per heavy atom. The lowest BCUT2D eigenvalue weighted by molar-refractivity contribution is -0.148. The summed E-state index contributed by atoms with van der Waals surface area (Å²) in [6.45, 7) is 5.07. The number of aryl methyl sites for hydroxylation is 1. The van der Waals surface area contributed by atoms with Gasteiger partial charge in [-0.2, -0.15) is 0 Å². The van der Waals surface area contributed by atoms with Crippen LogP contribution in [0.15, 0.2) is 84.9 Å². The molecular formula is C37H44N4O2. The number of esters is 1. The molecule has 224 valence electrons. The summed E-state index contributed by atoms with van der Waals surface area (Å²) in [5.41, 5.74) is 4.98. The van der Waals surface area contributed by atoms with E-state index in [4.69, 9.17) is 9.72 Å². The standard InChI is InChI=1S/C37H44N4O2/c1-27-38-33-15-9-10-16-34(33)41(27)32-25-30-17-18-31(26-32)40(30)24-21-37(29-13-7-4-8-14-29)19-22-39(23-20-37)35(36(42)43-2)28-11-5-3-6-12-28/h3-16,30-32,35H,17-26H2,1-2H3/t30-,31+,32+,35?. The van der Waals surface area contributed by atoms with E-state index in [1.54, 1.807) is 0 Å². The highest BCUT2D eigenvalue weighted by atomic mass is 16.5. The molecule has 7 rings (SSSR count). The maximum atomic E-state index is 13.0. The van der Waals surface area contributed by atoms with Crippen LogP contribution in [0.2, 0.25) is 0 Å². The first-order chi connectivity index (χ1) is 21.1. The van der Waals surface area contributed by atoms with Gasteiger partial charge in [-0.1, -0.05) is 72.8 Å². The van der Waals surface area contributed by atoms with E-state index in [1.807, 2.05) is 30.3 Å². The van der Waals surface area contributed by atoms with Crippen LogP contribution in [-0.2, 0) is 14.9 Å². The lowest BCUT2D eigenvalue weighted by atomic mass is 9.70. The second-order valence-electron chi connectivity index (χ2n) is 13.0. The van der Waals surface area contributed by atoms with Crippen LogP contribution in [0.4, 0.5) is 0 Å². The Morgan fingerprint density at radius 2 is 1.51 bits per heavy atom. The Kier molecular flexibility index (Phi) is 7.83. The Bertz CT molecular complexity index is 1530. The molecule has 1 unspecified atom stereocenters. The number of carbonyl (C=O) groups is 1. The van der Waals surface area contributed by atoms with Crippen molar-refractivity contribution < 1.29 is 9.53 Å². The molecule has 3 aliphatic rings. The number of fused-ring (bicyclic) bond motifs is 3. The lowest BCUT2D eigenvalue weighted by Crippen LogP contribution is -2.49. The van der Waals surface area contributed by atoms with Crippen molar-refractivity contribution in [1.82, 2.24) is 19.4 Å². The van der Waals surface area contributed by atoms with Crippen molar-refractivity contribution in [2.24, 2.45) is 0 Å². The Labute approximate surface area is 255 Å². The fourth-order valence-electron chi connectivity index (χ4n) is 8.72. The fourth-order valence-corrected chi connectivity index (χ4v) is 8.72. The number of benzene rings is 3. The zero-order valence-corrected chi connectivity index (χ0v) is 25.6. The molecule has 6 heteroatoms. The highest BCUT2D eigenvalue weighted by Crippen LogP contribution is 2.45. The maximum absolute atomic E-state index is 13.0. The van der Waals surface area contributed by atoms with Crippen LogP contribution in [0.5, 0.6) is 0 Å². The molecule has 0 saturated carbocycles. The smallest absolute Gasteiger partial charge is 0.327 e. The third-order valence-corrected chi connectivity index (χ3v) is 10.9. The normalized spacial score (nSPS) is 24.7. The van der Waals surface area contributed by atoms with E-state index in [9.17, 15) is 4.79 Å². The first-order valence-corrected chi connectivity index (χ1v) is 16.2. The predicted molar refractivity (Wildman–Crippen MR) is 171 cm³/mol. The largest absolute Gasteiger partial charge is 0.468 e. The van der Waals surface area contributed by atoms with Crippen LogP contribution in [-0.4, -0.2) is 64.1 Å². The summed E-state index contributed by atoms with van der Waals surface area (Å²) in [7, 11) is 1.50. The number of hydrogen-bond acceptors (Lipinski definition) is 5.